The standard InChI is InChI=1S/C22H26N4O2/c1-22(2,3)28-21(27)25-11-5-7-19(15-25)26-14-18-9-8-16(12-20(18)24-26)17-6-4-10-23-13-17/h4,6,8-10,12-14,19H,5,7,11,15H2,1-3H3. The molecule has 0 saturated carbocycles. The van der Waals surface area contributed by atoms with Gasteiger partial charge in [-0.15, -0.1) is 0 Å². The lowest BCUT2D eigenvalue weighted by molar-refractivity contribution is 0.0168. The van der Waals surface area contributed by atoms with Crippen LogP contribution in [0.25, 0.3) is 22.0 Å². The lowest BCUT2D eigenvalue weighted by Gasteiger charge is -2.34. The minimum Gasteiger partial charge on any atom is -0.444 e. The topological polar surface area (TPSA) is 60.2 Å². The van der Waals surface area contributed by atoms with E-state index in [1.54, 1.807) is 11.1 Å². The van der Waals surface area contributed by atoms with Gasteiger partial charge in [-0.3, -0.25) is 9.67 Å². The van der Waals surface area contributed by atoms with Crippen molar-refractivity contribution in [3.05, 3.63) is 48.9 Å². The van der Waals surface area contributed by atoms with E-state index in [-0.39, 0.29) is 12.1 Å². The van der Waals surface area contributed by atoms with Crippen molar-refractivity contribution >= 4 is 17.0 Å². The second-order valence-corrected chi connectivity index (χ2v) is 8.35. The highest BCUT2D eigenvalue weighted by Crippen LogP contribution is 2.27. The van der Waals surface area contributed by atoms with Crippen LogP contribution in [0.4, 0.5) is 4.79 Å². The Kier molecular flexibility index (Phi) is 4.79. The number of fused-ring (bicyclic) bond motifs is 1. The summed E-state index contributed by atoms with van der Waals surface area (Å²) in [5.41, 5.74) is 2.65. The van der Waals surface area contributed by atoms with Crippen LogP contribution in [0.3, 0.4) is 0 Å². The third-order valence-corrected chi connectivity index (χ3v) is 4.94. The Morgan fingerprint density at radius 1 is 1.21 bits per heavy atom. The van der Waals surface area contributed by atoms with Crippen LogP contribution in [0.2, 0.25) is 0 Å². The number of hydrogen-bond acceptors (Lipinski definition) is 4. The van der Waals surface area contributed by atoms with Gasteiger partial charge >= 0.3 is 6.09 Å². The maximum Gasteiger partial charge on any atom is 0.410 e. The van der Waals surface area contributed by atoms with Crippen LogP contribution in [-0.4, -0.2) is 44.4 Å². The molecule has 1 unspecified atom stereocenters. The van der Waals surface area contributed by atoms with Crippen molar-refractivity contribution in [3.63, 3.8) is 0 Å². The number of piperidine rings is 1. The smallest absolute Gasteiger partial charge is 0.410 e. The maximum atomic E-state index is 12.4. The number of carbonyl (C=O) groups is 1. The molecule has 0 aliphatic carbocycles. The molecule has 4 rings (SSSR count). The van der Waals surface area contributed by atoms with E-state index in [0.717, 1.165) is 41.4 Å². The average molecular weight is 378 g/mol. The van der Waals surface area contributed by atoms with Gasteiger partial charge in [0, 0.05) is 42.6 Å². The van der Waals surface area contributed by atoms with E-state index >= 15 is 0 Å². The fourth-order valence-corrected chi connectivity index (χ4v) is 3.60. The van der Waals surface area contributed by atoms with E-state index in [4.69, 9.17) is 9.84 Å². The second-order valence-electron chi connectivity index (χ2n) is 8.35. The quantitative estimate of drug-likeness (QED) is 0.650. The second kappa shape index (κ2) is 7.26. The lowest BCUT2D eigenvalue weighted by atomic mass is 10.1. The molecule has 1 aliphatic heterocycles. The first-order valence-corrected chi connectivity index (χ1v) is 9.76. The van der Waals surface area contributed by atoms with Gasteiger partial charge in [0.1, 0.15) is 5.60 Å². The molecule has 1 aromatic carbocycles. The molecule has 0 radical (unpaired) electrons. The number of amides is 1. The fraction of sp³-hybridized carbons (Fsp3) is 0.409. The number of likely N-dealkylation sites (tertiary alicyclic amines) is 1. The first-order chi connectivity index (χ1) is 13.4. The summed E-state index contributed by atoms with van der Waals surface area (Å²) in [6.07, 6.45) is 7.41. The molecular formula is C22H26N4O2. The van der Waals surface area contributed by atoms with Gasteiger partial charge in [-0.25, -0.2) is 4.79 Å². The Morgan fingerprint density at radius 2 is 2.07 bits per heavy atom. The summed E-state index contributed by atoms with van der Waals surface area (Å²) in [4.78, 5) is 18.4. The van der Waals surface area contributed by atoms with Gasteiger partial charge in [0.2, 0.25) is 0 Å². The van der Waals surface area contributed by atoms with E-state index in [0.29, 0.717) is 6.54 Å². The molecule has 6 nitrogen and oxygen atoms in total. The van der Waals surface area contributed by atoms with Crippen molar-refractivity contribution in [2.45, 2.75) is 45.3 Å². The van der Waals surface area contributed by atoms with E-state index < -0.39 is 5.60 Å². The summed E-state index contributed by atoms with van der Waals surface area (Å²) >= 11 is 0. The zero-order valence-corrected chi connectivity index (χ0v) is 16.6. The van der Waals surface area contributed by atoms with E-state index in [2.05, 4.69) is 29.4 Å². The Morgan fingerprint density at radius 3 is 2.82 bits per heavy atom. The molecule has 2 aromatic heterocycles. The highest BCUT2D eigenvalue weighted by Gasteiger charge is 2.28. The zero-order valence-electron chi connectivity index (χ0n) is 16.6. The van der Waals surface area contributed by atoms with Crippen LogP contribution in [-0.2, 0) is 4.74 Å². The van der Waals surface area contributed by atoms with Crippen LogP contribution in [0.1, 0.15) is 39.7 Å². The van der Waals surface area contributed by atoms with Crippen molar-refractivity contribution in [1.29, 1.82) is 0 Å². The molecule has 1 atom stereocenters. The predicted molar refractivity (Wildman–Crippen MR) is 109 cm³/mol. The van der Waals surface area contributed by atoms with Crippen LogP contribution in [0, 0.1) is 0 Å². The molecule has 0 spiro atoms. The van der Waals surface area contributed by atoms with Crippen molar-refractivity contribution in [2.75, 3.05) is 13.1 Å². The van der Waals surface area contributed by atoms with E-state index in [1.807, 2.05) is 43.8 Å². The van der Waals surface area contributed by atoms with Gasteiger partial charge in [-0.1, -0.05) is 18.2 Å². The lowest BCUT2D eigenvalue weighted by Crippen LogP contribution is -2.43. The maximum absolute atomic E-state index is 12.4. The highest BCUT2D eigenvalue weighted by molar-refractivity contribution is 5.83. The number of ether oxygens (including phenoxy) is 1. The van der Waals surface area contributed by atoms with Crippen LogP contribution < -0.4 is 0 Å². The molecule has 1 saturated heterocycles. The molecule has 28 heavy (non-hydrogen) atoms. The van der Waals surface area contributed by atoms with Crippen LogP contribution in [0.5, 0.6) is 0 Å². The van der Waals surface area contributed by atoms with Gasteiger partial charge in [0.05, 0.1) is 11.6 Å². The van der Waals surface area contributed by atoms with Crippen molar-refractivity contribution in [2.24, 2.45) is 0 Å². The Hall–Kier alpha value is -2.89. The third kappa shape index (κ3) is 4.01. The largest absolute Gasteiger partial charge is 0.444 e. The van der Waals surface area contributed by atoms with Gasteiger partial charge in [-0.2, -0.15) is 5.10 Å². The number of pyridine rings is 1. The highest BCUT2D eigenvalue weighted by atomic mass is 16.6. The number of aromatic nitrogens is 3. The first-order valence-electron chi connectivity index (χ1n) is 9.76. The van der Waals surface area contributed by atoms with Crippen molar-refractivity contribution in [1.82, 2.24) is 19.7 Å². The summed E-state index contributed by atoms with van der Waals surface area (Å²) in [6, 6.07) is 10.4. The van der Waals surface area contributed by atoms with Gasteiger partial charge in [0.25, 0.3) is 0 Å². The molecule has 1 fully saturated rings. The Bertz CT molecular complexity index is 975. The number of rotatable bonds is 2. The SMILES string of the molecule is CC(C)(C)OC(=O)N1CCCC(n2cc3ccc(-c4cccnc4)cc3n2)C1. The molecule has 3 heterocycles. The molecule has 1 amide bonds. The fourth-order valence-electron chi connectivity index (χ4n) is 3.60. The number of carbonyl (C=O) groups excluding carboxylic acids is 1. The molecule has 0 bridgehead atoms. The van der Waals surface area contributed by atoms with Gasteiger partial charge < -0.3 is 9.64 Å². The first kappa shape index (κ1) is 18.5. The summed E-state index contributed by atoms with van der Waals surface area (Å²) in [6.45, 7) is 7.04. The Balaban J connectivity index is 1.54. The number of benzene rings is 1. The molecule has 1 aliphatic rings. The number of nitrogens with zero attached hydrogens (tertiary/aromatic N) is 4. The van der Waals surface area contributed by atoms with Crippen molar-refractivity contribution in [3.8, 4) is 11.1 Å². The van der Waals surface area contributed by atoms with Crippen LogP contribution in [0.15, 0.2) is 48.9 Å². The molecule has 0 N–H and O–H groups in total. The summed E-state index contributed by atoms with van der Waals surface area (Å²) in [5, 5.41) is 5.91. The summed E-state index contributed by atoms with van der Waals surface area (Å²) < 4.78 is 7.54. The summed E-state index contributed by atoms with van der Waals surface area (Å²) in [5.74, 6) is 0. The van der Waals surface area contributed by atoms with Gasteiger partial charge in [-0.05, 0) is 51.3 Å². The zero-order chi connectivity index (χ0) is 19.7. The predicted octanol–water partition coefficient (Wildman–Crippen LogP) is 4.67. The number of hydrogen-bond donors (Lipinski definition) is 0. The van der Waals surface area contributed by atoms with E-state index in [1.165, 1.54) is 0 Å². The Labute approximate surface area is 165 Å². The van der Waals surface area contributed by atoms with E-state index in [9.17, 15) is 4.79 Å². The minimum atomic E-state index is -0.479. The molecule has 3 aromatic rings. The molecular weight excluding hydrogens is 352 g/mol. The van der Waals surface area contributed by atoms with Gasteiger partial charge in [0.15, 0.2) is 0 Å². The molecule has 6 heteroatoms. The molecule has 146 valence electrons. The summed E-state index contributed by atoms with van der Waals surface area (Å²) in [7, 11) is 0. The minimum absolute atomic E-state index is 0.163. The van der Waals surface area contributed by atoms with Crippen LogP contribution >= 0.6 is 0 Å². The average Bonchev–Trinajstić information content (AvgIpc) is 3.11. The van der Waals surface area contributed by atoms with Crippen molar-refractivity contribution < 1.29 is 9.53 Å². The normalized spacial score (nSPS) is 17.7. The third-order valence-electron chi connectivity index (χ3n) is 4.94. The monoisotopic (exact) mass is 378 g/mol.